The van der Waals surface area contributed by atoms with Crippen LogP contribution in [0.2, 0.25) is 0 Å². The number of phenols is 1. The predicted molar refractivity (Wildman–Crippen MR) is 90.0 cm³/mol. The van der Waals surface area contributed by atoms with Crippen LogP contribution in [0, 0.1) is 0 Å². The van der Waals surface area contributed by atoms with Gasteiger partial charge >= 0.3 is 11.8 Å². The molecule has 7 nitrogen and oxygen atoms in total. The molecule has 0 atom stereocenters. The van der Waals surface area contributed by atoms with Gasteiger partial charge in [0, 0.05) is 6.04 Å². The van der Waals surface area contributed by atoms with Gasteiger partial charge < -0.3 is 15.2 Å². The van der Waals surface area contributed by atoms with Crippen LogP contribution in [0.25, 0.3) is 0 Å². The summed E-state index contributed by atoms with van der Waals surface area (Å²) in [7, 11) is 1.44. The Labute approximate surface area is 141 Å². The molecule has 1 fully saturated rings. The quantitative estimate of drug-likeness (QED) is 0.338. The monoisotopic (exact) mass is 333 g/mol. The fourth-order valence-corrected chi connectivity index (χ4v) is 2.67. The maximum absolute atomic E-state index is 11.9. The normalized spacial score (nSPS) is 15.7. The Bertz CT molecular complexity index is 608. The van der Waals surface area contributed by atoms with Crippen molar-refractivity contribution in [3.63, 3.8) is 0 Å². The highest BCUT2D eigenvalue weighted by molar-refractivity contribution is 6.35. The van der Waals surface area contributed by atoms with Crippen LogP contribution in [0.3, 0.4) is 0 Å². The topological polar surface area (TPSA) is 100 Å². The van der Waals surface area contributed by atoms with Crippen molar-refractivity contribution in [1.82, 2.24) is 10.7 Å². The predicted octanol–water partition coefficient (Wildman–Crippen LogP) is 1.69. The lowest BCUT2D eigenvalue weighted by Crippen LogP contribution is -2.43. The Kier molecular flexibility index (Phi) is 6.60. The molecule has 1 aromatic carbocycles. The third-order valence-corrected chi connectivity index (χ3v) is 3.98. The summed E-state index contributed by atoms with van der Waals surface area (Å²) in [5.74, 6) is -1.14. The molecule has 0 aromatic heterocycles. The molecule has 0 saturated heterocycles. The second-order valence-electron chi connectivity index (χ2n) is 5.79. The van der Waals surface area contributed by atoms with E-state index >= 15 is 0 Å². The summed E-state index contributed by atoms with van der Waals surface area (Å²) in [6, 6.07) is 4.70. The summed E-state index contributed by atoms with van der Waals surface area (Å²) < 4.78 is 4.98. The van der Waals surface area contributed by atoms with Crippen LogP contribution < -0.4 is 15.5 Å². The molecular formula is C17H23N3O4. The van der Waals surface area contributed by atoms with E-state index in [1.807, 2.05) is 0 Å². The molecule has 1 aliphatic rings. The number of nitrogens with zero attached hydrogens (tertiary/aromatic N) is 1. The molecule has 24 heavy (non-hydrogen) atoms. The molecule has 2 amide bonds. The van der Waals surface area contributed by atoms with Gasteiger partial charge in [-0.2, -0.15) is 5.10 Å². The highest BCUT2D eigenvalue weighted by Crippen LogP contribution is 2.25. The van der Waals surface area contributed by atoms with Gasteiger partial charge in [0.1, 0.15) is 0 Å². The van der Waals surface area contributed by atoms with E-state index in [1.165, 1.54) is 32.2 Å². The van der Waals surface area contributed by atoms with Gasteiger partial charge in [-0.25, -0.2) is 5.43 Å². The second-order valence-corrected chi connectivity index (χ2v) is 5.79. The Morgan fingerprint density at radius 2 is 1.92 bits per heavy atom. The highest BCUT2D eigenvalue weighted by Gasteiger charge is 2.19. The third-order valence-electron chi connectivity index (χ3n) is 3.98. The molecule has 1 aliphatic carbocycles. The fourth-order valence-electron chi connectivity index (χ4n) is 2.67. The van der Waals surface area contributed by atoms with Crippen LogP contribution in [0.1, 0.15) is 44.1 Å². The maximum atomic E-state index is 11.9. The summed E-state index contributed by atoms with van der Waals surface area (Å²) in [4.78, 5) is 23.6. The summed E-state index contributed by atoms with van der Waals surface area (Å²) in [6.45, 7) is 0. The van der Waals surface area contributed by atoms with E-state index in [9.17, 15) is 14.7 Å². The van der Waals surface area contributed by atoms with Crippen molar-refractivity contribution in [3.05, 3.63) is 23.8 Å². The van der Waals surface area contributed by atoms with Gasteiger partial charge in [-0.3, -0.25) is 9.59 Å². The number of methoxy groups -OCH3 is 1. The Balaban J connectivity index is 1.84. The van der Waals surface area contributed by atoms with Gasteiger partial charge in [-0.1, -0.05) is 25.7 Å². The van der Waals surface area contributed by atoms with E-state index in [0.29, 0.717) is 11.3 Å². The first-order chi connectivity index (χ1) is 11.6. The van der Waals surface area contributed by atoms with E-state index in [1.54, 1.807) is 12.1 Å². The molecule has 0 radical (unpaired) electrons. The van der Waals surface area contributed by atoms with Crippen molar-refractivity contribution in [2.45, 2.75) is 44.6 Å². The molecule has 3 N–H and O–H groups in total. The van der Waals surface area contributed by atoms with Gasteiger partial charge in [-0.05, 0) is 36.6 Å². The van der Waals surface area contributed by atoms with Gasteiger partial charge in [0.25, 0.3) is 0 Å². The largest absolute Gasteiger partial charge is 0.504 e. The number of hydrogen-bond acceptors (Lipinski definition) is 5. The van der Waals surface area contributed by atoms with Crippen LogP contribution in [0.4, 0.5) is 0 Å². The Hall–Kier alpha value is -2.57. The number of amides is 2. The van der Waals surface area contributed by atoms with Crippen LogP contribution in [-0.4, -0.2) is 36.3 Å². The lowest BCUT2D eigenvalue weighted by atomic mass is 10.1. The molecule has 1 aromatic rings. The lowest BCUT2D eigenvalue weighted by Gasteiger charge is -2.14. The highest BCUT2D eigenvalue weighted by atomic mass is 16.5. The van der Waals surface area contributed by atoms with Crippen LogP contribution in [-0.2, 0) is 9.59 Å². The van der Waals surface area contributed by atoms with Crippen LogP contribution in [0.5, 0.6) is 11.5 Å². The van der Waals surface area contributed by atoms with Crippen LogP contribution in [0.15, 0.2) is 23.3 Å². The van der Waals surface area contributed by atoms with Gasteiger partial charge in [0.15, 0.2) is 11.5 Å². The molecule has 0 aliphatic heterocycles. The first-order valence-corrected chi connectivity index (χ1v) is 8.11. The second kappa shape index (κ2) is 8.90. The maximum Gasteiger partial charge on any atom is 0.329 e. The lowest BCUT2D eigenvalue weighted by molar-refractivity contribution is -0.139. The molecular weight excluding hydrogens is 310 g/mol. The average Bonchev–Trinajstić information content (AvgIpc) is 2.84. The first kappa shape index (κ1) is 17.8. The summed E-state index contributed by atoms with van der Waals surface area (Å²) in [5, 5.41) is 16.0. The van der Waals surface area contributed by atoms with Crippen molar-refractivity contribution in [2.75, 3.05) is 7.11 Å². The van der Waals surface area contributed by atoms with E-state index in [4.69, 9.17) is 4.74 Å². The summed E-state index contributed by atoms with van der Waals surface area (Å²) in [6.07, 6.45) is 7.71. The number of hydrogen-bond donors (Lipinski definition) is 3. The third kappa shape index (κ3) is 5.26. The minimum atomic E-state index is -0.791. The molecule has 130 valence electrons. The van der Waals surface area contributed by atoms with Gasteiger partial charge in [0.05, 0.1) is 13.3 Å². The molecule has 7 heteroatoms. The first-order valence-electron chi connectivity index (χ1n) is 8.11. The standard InChI is InChI=1S/C17H23N3O4/c1-24-15-10-12(8-9-14(15)21)11-18-20-17(23)16(22)19-13-6-4-2-3-5-7-13/h8-11,13,21H,2-7H2,1H3,(H,19,22)(H,20,23)/b18-11+. The van der Waals surface area contributed by atoms with E-state index in [2.05, 4.69) is 15.8 Å². The Morgan fingerprint density at radius 1 is 1.21 bits per heavy atom. The van der Waals surface area contributed by atoms with Crippen molar-refractivity contribution >= 4 is 18.0 Å². The van der Waals surface area contributed by atoms with E-state index < -0.39 is 11.8 Å². The van der Waals surface area contributed by atoms with Crippen molar-refractivity contribution < 1.29 is 19.4 Å². The summed E-state index contributed by atoms with van der Waals surface area (Å²) >= 11 is 0. The Morgan fingerprint density at radius 3 is 2.58 bits per heavy atom. The van der Waals surface area contributed by atoms with Crippen molar-refractivity contribution in [1.29, 1.82) is 0 Å². The molecule has 0 unspecified atom stereocenters. The van der Waals surface area contributed by atoms with E-state index in [-0.39, 0.29) is 11.8 Å². The van der Waals surface area contributed by atoms with Crippen molar-refractivity contribution in [3.8, 4) is 11.5 Å². The zero-order valence-corrected chi connectivity index (χ0v) is 13.7. The number of carbonyl (C=O) groups is 2. The SMILES string of the molecule is COc1cc(/C=N/NC(=O)C(=O)NC2CCCCCC2)ccc1O. The number of nitrogens with one attached hydrogen (secondary N) is 2. The number of phenolic OH excluding ortho intramolecular Hbond substituents is 1. The van der Waals surface area contributed by atoms with Crippen LogP contribution >= 0.6 is 0 Å². The van der Waals surface area contributed by atoms with Gasteiger partial charge in [0.2, 0.25) is 0 Å². The number of benzene rings is 1. The van der Waals surface area contributed by atoms with Gasteiger partial charge in [-0.15, -0.1) is 0 Å². The minimum absolute atomic E-state index is 0.0152. The molecule has 1 saturated carbocycles. The number of rotatable bonds is 4. The fraction of sp³-hybridized carbons (Fsp3) is 0.471. The zero-order chi connectivity index (χ0) is 17.4. The number of hydrazone groups is 1. The number of aromatic hydroxyl groups is 1. The molecule has 0 bridgehead atoms. The van der Waals surface area contributed by atoms with Crippen molar-refractivity contribution in [2.24, 2.45) is 5.10 Å². The minimum Gasteiger partial charge on any atom is -0.504 e. The summed E-state index contributed by atoms with van der Waals surface area (Å²) in [5.41, 5.74) is 2.82. The molecule has 0 heterocycles. The average molecular weight is 333 g/mol. The smallest absolute Gasteiger partial charge is 0.329 e. The number of ether oxygens (including phenoxy) is 1. The number of carbonyl (C=O) groups excluding carboxylic acids is 2. The van der Waals surface area contributed by atoms with E-state index in [0.717, 1.165) is 25.7 Å². The zero-order valence-electron chi connectivity index (χ0n) is 13.7. The molecule has 2 rings (SSSR count). The molecule has 0 spiro atoms.